The number of ketones is 1. The Morgan fingerprint density at radius 1 is 1.11 bits per heavy atom. The molecule has 3 heteroatoms. The van der Waals surface area contributed by atoms with E-state index < -0.39 is 5.82 Å². The lowest BCUT2D eigenvalue weighted by atomic mass is 10.0. The molecule has 2 rings (SSSR count). The molecule has 0 spiro atoms. The van der Waals surface area contributed by atoms with Crippen molar-refractivity contribution in [1.82, 2.24) is 0 Å². The number of aryl methyl sites for hydroxylation is 1. The molecule has 0 unspecified atom stereocenters. The first kappa shape index (κ1) is 13.9. The Morgan fingerprint density at radius 3 is 2.53 bits per heavy atom. The van der Waals surface area contributed by atoms with Crippen molar-refractivity contribution >= 4 is 21.7 Å². The fourth-order valence-corrected chi connectivity index (χ4v) is 2.28. The third-order valence-electron chi connectivity index (χ3n) is 2.94. The molecule has 0 saturated heterocycles. The Bertz CT molecular complexity index is 566. The van der Waals surface area contributed by atoms with E-state index in [1.54, 1.807) is 6.07 Å². The highest BCUT2D eigenvalue weighted by molar-refractivity contribution is 9.10. The maximum atomic E-state index is 13.6. The van der Waals surface area contributed by atoms with E-state index in [4.69, 9.17) is 0 Å². The topological polar surface area (TPSA) is 17.1 Å². The number of Topliss-reactive ketones (excluding diaryl/α,β-unsaturated/α-hetero) is 1. The van der Waals surface area contributed by atoms with Crippen LogP contribution in [0.1, 0.15) is 28.8 Å². The van der Waals surface area contributed by atoms with Crippen LogP contribution in [-0.2, 0) is 6.42 Å². The quantitative estimate of drug-likeness (QED) is 0.723. The maximum absolute atomic E-state index is 13.6. The first-order valence-electron chi connectivity index (χ1n) is 6.19. The van der Waals surface area contributed by atoms with Gasteiger partial charge in [0.1, 0.15) is 5.82 Å². The molecule has 0 atom stereocenters. The van der Waals surface area contributed by atoms with Crippen LogP contribution in [0.2, 0.25) is 0 Å². The lowest BCUT2D eigenvalue weighted by Crippen LogP contribution is -2.03. The molecule has 1 nitrogen and oxygen atoms in total. The van der Waals surface area contributed by atoms with Crippen molar-refractivity contribution in [3.63, 3.8) is 0 Å². The van der Waals surface area contributed by atoms with Crippen LogP contribution in [0.4, 0.5) is 4.39 Å². The average Bonchev–Trinajstić information content (AvgIpc) is 2.39. The van der Waals surface area contributed by atoms with Crippen LogP contribution in [0.15, 0.2) is 53.0 Å². The summed E-state index contributed by atoms with van der Waals surface area (Å²) in [6, 6.07) is 14.5. The molecule has 0 aliphatic rings. The van der Waals surface area contributed by atoms with E-state index in [0.29, 0.717) is 10.9 Å². The summed E-state index contributed by atoms with van der Waals surface area (Å²) >= 11 is 3.18. The van der Waals surface area contributed by atoms with Gasteiger partial charge in [0.05, 0.1) is 5.56 Å². The van der Waals surface area contributed by atoms with Crippen molar-refractivity contribution < 1.29 is 9.18 Å². The van der Waals surface area contributed by atoms with Crippen LogP contribution in [0.25, 0.3) is 0 Å². The minimum atomic E-state index is -0.459. The first-order valence-corrected chi connectivity index (χ1v) is 6.98. The van der Waals surface area contributed by atoms with Crippen LogP contribution < -0.4 is 0 Å². The third-order valence-corrected chi connectivity index (χ3v) is 3.44. The fraction of sp³-hybridized carbons (Fsp3) is 0.188. The molecule has 0 radical (unpaired) electrons. The molecule has 98 valence electrons. The minimum Gasteiger partial charge on any atom is -0.294 e. The second kappa shape index (κ2) is 6.62. The van der Waals surface area contributed by atoms with Gasteiger partial charge in [0.15, 0.2) is 5.78 Å². The molecule has 0 aliphatic heterocycles. The molecule has 0 aliphatic carbocycles. The van der Waals surface area contributed by atoms with Crippen LogP contribution in [0.3, 0.4) is 0 Å². The van der Waals surface area contributed by atoms with Crippen LogP contribution in [0.5, 0.6) is 0 Å². The molecule has 0 N–H and O–H groups in total. The Hall–Kier alpha value is -1.48. The minimum absolute atomic E-state index is 0.138. The number of halogens is 2. The highest BCUT2D eigenvalue weighted by Gasteiger charge is 2.11. The van der Waals surface area contributed by atoms with E-state index in [2.05, 4.69) is 15.9 Å². The molecular weight excluding hydrogens is 307 g/mol. The van der Waals surface area contributed by atoms with Gasteiger partial charge in [-0.1, -0.05) is 46.3 Å². The number of hydrogen-bond donors (Lipinski definition) is 0. The van der Waals surface area contributed by atoms with E-state index in [1.807, 2.05) is 30.3 Å². The molecular formula is C16H14BrFO. The molecule has 0 bridgehead atoms. The predicted octanol–water partition coefficient (Wildman–Crippen LogP) is 4.79. The van der Waals surface area contributed by atoms with Gasteiger partial charge in [-0.2, -0.15) is 0 Å². The zero-order valence-corrected chi connectivity index (χ0v) is 12.0. The lowest BCUT2D eigenvalue weighted by molar-refractivity contribution is 0.0976. The van der Waals surface area contributed by atoms with Crippen LogP contribution in [-0.4, -0.2) is 5.78 Å². The van der Waals surface area contributed by atoms with Crippen molar-refractivity contribution in [3.8, 4) is 0 Å². The number of carbonyl (C=O) groups is 1. The van der Waals surface area contributed by atoms with Gasteiger partial charge >= 0.3 is 0 Å². The molecule has 2 aromatic carbocycles. The molecule has 19 heavy (non-hydrogen) atoms. The van der Waals surface area contributed by atoms with Gasteiger partial charge in [-0.15, -0.1) is 0 Å². The van der Waals surface area contributed by atoms with Crippen molar-refractivity contribution in [2.24, 2.45) is 0 Å². The largest absolute Gasteiger partial charge is 0.294 e. The zero-order chi connectivity index (χ0) is 13.7. The Kier molecular flexibility index (Phi) is 4.86. The Balaban J connectivity index is 1.91. The number of hydrogen-bond acceptors (Lipinski definition) is 1. The Labute approximate surface area is 120 Å². The Morgan fingerprint density at radius 2 is 1.84 bits per heavy atom. The van der Waals surface area contributed by atoms with Crippen molar-refractivity contribution in [2.75, 3.05) is 0 Å². The molecule has 0 fully saturated rings. The monoisotopic (exact) mass is 320 g/mol. The highest BCUT2D eigenvalue weighted by Crippen LogP contribution is 2.17. The SMILES string of the molecule is O=C(CCCc1ccccc1)c1ccc(Br)cc1F. The highest BCUT2D eigenvalue weighted by atomic mass is 79.9. The number of benzene rings is 2. The lowest BCUT2D eigenvalue weighted by Gasteiger charge is -2.04. The van der Waals surface area contributed by atoms with Crippen LogP contribution in [0, 0.1) is 5.82 Å². The summed E-state index contributed by atoms with van der Waals surface area (Å²) in [5.74, 6) is -0.597. The van der Waals surface area contributed by atoms with Gasteiger partial charge in [-0.25, -0.2) is 4.39 Å². The summed E-state index contributed by atoms with van der Waals surface area (Å²) in [5.41, 5.74) is 1.38. The van der Waals surface area contributed by atoms with Crippen molar-refractivity contribution in [2.45, 2.75) is 19.3 Å². The zero-order valence-electron chi connectivity index (χ0n) is 10.4. The van der Waals surface area contributed by atoms with E-state index in [-0.39, 0.29) is 11.3 Å². The van der Waals surface area contributed by atoms with Crippen LogP contribution >= 0.6 is 15.9 Å². The summed E-state index contributed by atoms with van der Waals surface area (Å²) < 4.78 is 14.2. The van der Waals surface area contributed by atoms with Gasteiger partial charge in [0, 0.05) is 10.9 Å². The molecule has 0 aromatic heterocycles. The first-order chi connectivity index (χ1) is 9.16. The molecule has 0 amide bonds. The van der Waals surface area contributed by atoms with E-state index in [1.165, 1.54) is 17.7 Å². The third kappa shape index (κ3) is 4.00. The maximum Gasteiger partial charge on any atom is 0.165 e. The molecule has 0 saturated carbocycles. The summed E-state index contributed by atoms with van der Waals surface area (Å²) in [6.07, 6.45) is 1.94. The standard InChI is InChI=1S/C16H14BrFO/c17-13-9-10-14(15(18)11-13)16(19)8-4-7-12-5-2-1-3-6-12/h1-3,5-6,9-11H,4,7-8H2. The number of rotatable bonds is 5. The summed E-state index contributed by atoms with van der Waals surface area (Å²) in [5, 5.41) is 0. The normalized spacial score (nSPS) is 10.4. The van der Waals surface area contributed by atoms with E-state index in [9.17, 15) is 9.18 Å². The van der Waals surface area contributed by atoms with E-state index >= 15 is 0 Å². The van der Waals surface area contributed by atoms with Crippen molar-refractivity contribution in [3.05, 3.63) is 69.9 Å². The van der Waals surface area contributed by atoms with Gasteiger partial charge < -0.3 is 0 Å². The van der Waals surface area contributed by atoms with E-state index in [0.717, 1.165) is 12.8 Å². The van der Waals surface area contributed by atoms with Crippen molar-refractivity contribution in [1.29, 1.82) is 0 Å². The number of carbonyl (C=O) groups excluding carboxylic acids is 1. The predicted molar refractivity (Wildman–Crippen MR) is 77.8 cm³/mol. The van der Waals surface area contributed by atoms with Gasteiger partial charge in [-0.3, -0.25) is 4.79 Å². The fourth-order valence-electron chi connectivity index (χ4n) is 1.95. The second-order valence-electron chi connectivity index (χ2n) is 4.39. The van der Waals surface area contributed by atoms with Gasteiger partial charge in [0.2, 0.25) is 0 Å². The van der Waals surface area contributed by atoms with Gasteiger partial charge in [-0.05, 0) is 36.6 Å². The average molecular weight is 321 g/mol. The summed E-state index contributed by atoms with van der Waals surface area (Å²) in [7, 11) is 0. The van der Waals surface area contributed by atoms with Gasteiger partial charge in [0.25, 0.3) is 0 Å². The second-order valence-corrected chi connectivity index (χ2v) is 5.30. The molecule has 0 heterocycles. The molecule has 2 aromatic rings. The summed E-state index contributed by atoms with van der Waals surface area (Å²) in [6.45, 7) is 0. The summed E-state index contributed by atoms with van der Waals surface area (Å²) in [4.78, 5) is 11.9. The smallest absolute Gasteiger partial charge is 0.165 e.